The van der Waals surface area contributed by atoms with Gasteiger partial charge in [-0.25, -0.2) is 0 Å². The normalized spacial score (nSPS) is 11.0. The number of halogens is 4. The summed E-state index contributed by atoms with van der Waals surface area (Å²) < 4.78 is 37.4. The molecular formula is C9H4F3IN2O2. The number of rotatable bonds is 2. The van der Waals surface area contributed by atoms with Gasteiger partial charge in [0, 0.05) is 15.2 Å². The fourth-order valence-corrected chi connectivity index (χ4v) is 2.05. The summed E-state index contributed by atoms with van der Waals surface area (Å²) in [7, 11) is 0. The monoisotopic (exact) mass is 356 g/mol. The molecule has 0 aromatic heterocycles. The number of benzene rings is 1. The molecule has 90 valence electrons. The Morgan fingerprint density at radius 1 is 1.47 bits per heavy atom. The van der Waals surface area contributed by atoms with Crippen LogP contribution in [0.2, 0.25) is 0 Å². The standard InChI is InChI=1S/C9H4F3IN2O2/c10-9(11,12)6-4-8(15(16)17)5(1-2-14)3-7(6)13/h3-4H,1H2. The molecule has 0 radical (unpaired) electrons. The Morgan fingerprint density at radius 2 is 2.06 bits per heavy atom. The summed E-state index contributed by atoms with van der Waals surface area (Å²) >= 11 is 1.44. The van der Waals surface area contributed by atoms with E-state index in [0.717, 1.165) is 6.07 Å². The van der Waals surface area contributed by atoms with E-state index < -0.39 is 22.4 Å². The molecule has 0 heterocycles. The molecule has 0 bridgehead atoms. The lowest BCUT2D eigenvalue weighted by Crippen LogP contribution is -2.09. The number of alkyl halides is 3. The molecule has 4 nitrogen and oxygen atoms in total. The lowest BCUT2D eigenvalue weighted by Gasteiger charge is -2.10. The van der Waals surface area contributed by atoms with Crippen LogP contribution in [0.1, 0.15) is 11.1 Å². The SMILES string of the molecule is N#CCc1cc(I)c(C(F)(F)F)cc1[N+](=O)[O-]. The number of nitrogens with zero attached hydrogens (tertiary/aromatic N) is 2. The zero-order valence-electron chi connectivity index (χ0n) is 8.08. The molecule has 0 amide bonds. The van der Waals surface area contributed by atoms with Crippen LogP contribution in [0, 0.1) is 25.0 Å². The van der Waals surface area contributed by atoms with Crippen LogP contribution in [-0.2, 0) is 12.6 Å². The van der Waals surface area contributed by atoms with Crippen molar-refractivity contribution in [1.82, 2.24) is 0 Å². The quantitative estimate of drug-likeness (QED) is 0.464. The van der Waals surface area contributed by atoms with Gasteiger partial charge in [-0.1, -0.05) is 0 Å². The van der Waals surface area contributed by atoms with Gasteiger partial charge in [-0.3, -0.25) is 10.1 Å². The van der Waals surface area contributed by atoms with Gasteiger partial charge in [0.05, 0.1) is 23.0 Å². The van der Waals surface area contributed by atoms with Crippen molar-refractivity contribution in [2.45, 2.75) is 12.6 Å². The number of hydrogen-bond acceptors (Lipinski definition) is 3. The fraction of sp³-hybridized carbons (Fsp3) is 0.222. The van der Waals surface area contributed by atoms with E-state index >= 15 is 0 Å². The molecule has 0 fully saturated rings. The molecule has 0 aliphatic carbocycles. The molecular weight excluding hydrogens is 352 g/mol. The summed E-state index contributed by atoms with van der Waals surface area (Å²) in [6.07, 6.45) is -4.95. The van der Waals surface area contributed by atoms with E-state index in [1.807, 2.05) is 0 Å². The first-order chi connectivity index (χ1) is 7.77. The van der Waals surface area contributed by atoms with Crippen molar-refractivity contribution in [3.63, 3.8) is 0 Å². The van der Waals surface area contributed by atoms with Crippen LogP contribution in [0.25, 0.3) is 0 Å². The molecule has 1 rings (SSSR count). The molecule has 0 spiro atoms. The summed E-state index contributed by atoms with van der Waals surface area (Å²) in [5.41, 5.74) is -1.76. The van der Waals surface area contributed by atoms with E-state index in [1.54, 1.807) is 6.07 Å². The first-order valence-corrected chi connectivity index (χ1v) is 5.26. The van der Waals surface area contributed by atoms with Crippen molar-refractivity contribution in [1.29, 1.82) is 5.26 Å². The van der Waals surface area contributed by atoms with Crippen molar-refractivity contribution in [2.75, 3.05) is 0 Å². The predicted molar refractivity (Wildman–Crippen MR) is 60.1 cm³/mol. The first kappa shape index (κ1) is 13.7. The van der Waals surface area contributed by atoms with Crippen molar-refractivity contribution >= 4 is 28.3 Å². The Hall–Kier alpha value is -1.37. The molecule has 0 saturated carbocycles. The van der Waals surface area contributed by atoms with Gasteiger partial charge in [0.15, 0.2) is 0 Å². The number of nitriles is 1. The van der Waals surface area contributed by atoms with Crippen molar-refractivity contribution in [2.24, 2.45) is 0 Å². The Bertz CT molecular complexity index is 508. The predicted octanol–water partition coefficient (Wildman–Crippen LogP) is 3.28. The molecule has 8 heteroatoms. The van der Waals surface area contributed by atoms with Crippen LogP contribution in [-0.4, -0.2) is 4.92 Å². The van der Waals surface area contributed by atoms with E-state index in [2.05, 4.69) is 0 Å². The second-order valence-corrected chi connectivity index (χ2v) is 4.21. The third-order valence-electron chi connectivity index (χ3n) is 1.94. The molecule has 0 saturated heterocycles. The average Bonchev–Trinajstić information content (AvgIpc) is 2.15. The molecule has 0 unspecified atom stereocenters. The number of nitro groups is 1. The Labute approximate surface area is 107 Å². The molecule has 1 aromatic rings. The Morgan fingerprint density at radius 3 is 2.47 bits per heavy atom. The van der Waals surface area contributed by atoms with Crippen molar-refractivity contribution in [3.8, 4) is 6.07 Å². The maximum Gasteiger partial charge on any atom is 0.417 e. The van der Waals surface area contributed by atoms with E-state index in [4.69, 9.17) is 5.26 Å². The van der Waals surface area contributed by atoms with Crippen LogP contribution in [0.15, 0.2) is 12.1 Å². The molecule has 0 aliphatic heterocycles. The van der Waals surface area contributed by atoms with Crippen LogP contribution in [0.4, 0.5) is 18.9 Å². The topological polar surface area (TPSA) is 66.9 Å². The van der Waals surface area contributed by atoms with Crippen LogP contribution >= 0.6 is 22.6 Å². The van der Waals surface area contributed by atoms with Crippen LogP contribution in [0.3, 0.4) is 0 Å². The smallest absolute Gasteiger partial charge is 0.258 e. The van der Waals surface area contributed by atoms with E-state index in [1.165, 1.54) is 22.6 Å². The van der Waals surface area contributed by atoms with Gasteiger partial charge in [-0.2, -0.15) is 18.4 Å². The largest absolute Gasteiger partial charge is 0.417 e. The highest BCUT2D eigenvalue weighted by atomic mass is 127. The minimum Gasteiger partial charge on any atom is -0.258 e. The van der Waals surface area contributed by atoms with E-state index in [0.29, 0.717) is 6.07 Å². The molecule has 0 N–H and O–H groups in total. The summed E-state index contributed by atoms with van der Waals surface area (Å²) in [6.45, 7) is 0. The maximum absolute atomic E-state index is 12.5. The Balaban J connectivity index is 3.46. The van der Waals surface area contributed by atoms with Crippen molar-refractivity contribution < 1.29 is 18.1 Å². The van der Waals surface area contributed by atoms with Gasteiger partial charge >= 0.3 is 6.18 Å². The van der Waals surface area contributed by atoms with Crippen LogP contribution < -0.4 is 0 Å². The highest BCUT2D eigenvalue weighted by Gasteiger charge is 2.35. The van der Waals surface area contributed by atoms with Crippen LogP contribution in [0.5, 0.6) is 0 Å². The lowest BCUT2D eigenvalue weighted by molar-refractivity contribution is -0.385. The number of hydrogen-bond donors (Lipinski definition) is 0. The van der Waals surface area contributed by atoms with Gasteiger partial charge in [-0.05, 0) is 28.7 Å². The minimum atomic E-state index is -4.65. The van der Waals surface area contributed by atoms with Crippen molar-refractivity contribution in [3.05, 3.63) is 36.9 Å². The van der Waals surface area contributed by atoms with Gasteiger partial charge in [0.1, 0.15) is 0 Å². The van der Waals surface area contributed by atoms with E-state index in [9.17, 15) is 23.3 Å². The minimum absolute atomic E-state index is 0.0186. The summed E-state index contributed by atoms with van der Waals surface area (Å²) in [6, 6.07) is 3.16. The zero-order valence-corrected chi connectivity index (χ0v) is 10.2. The van der Waals surface area contributed by atoms with E-state index in [-0.39, 0.29) is 15.6 Å². The summed E-state index contributed by atoms with van der Waals surface area (Å²) in [5.74, 6) is 0. The maximum atomic E-state index is 12.5. The third-order valence-corrected chi connectivity index (χ3v) is 2.83. The number of nitro benzene ring substituents is 1. The highest BCUT2D eigenvalue weighted by Crippen LogP contribution is 2.36. The van der Waals surface area contributed by atoms with Gasteiger partial charge < -0.3 is 0 Å². The Kier molecular flexibility index (Phi) is 3.92. The fourth-order valence-electron chi connectivity index (χ4n) is 1.22. The summed E-state index contributed by atoms with van der Waals surface area (Å²) in [4.78, 5) is 9.69. The highest BCUT2D eigenvalue weighted by molar-refractivity contribution is 14.1. The molecule has 0 atom stereocenters. The average molecular weight is 356 g/mol. The second-order valence-electron chi connectivity index (χ2n) is 3.05. The molecule has 17 heavy (non-hydrogen) atoms. The van der Waals surface area contributed by atoms with Gasteiger partial charge in [0.25, 0.3) is 5.69 Å². The lowest BCUT2D eigenvalue weighted by atomic mass is 10.1. The van der Waals surface area contributed by atoms with Gasteiger partial charge in [0.2, 0.25) is 0 Å². The first-order valence-electron chi connectivity index (χ1n) is 4.18. The second kappa shape index (κ2) is 4.87. The molecule has 0 aliphatic rings. The zero-order chi connectivity index (χ0) is 13.2. The van der Waals surface area contributed by atoms with Gasteiger partial charge in [-0.15, -0.1) is 0 Å². The molecule has 1 aromatic carbocycles. The third kappa shape index (κ3) is 3.06. The summed E-state index contributed by atoms with van der Waals surface area (Å²) in [5, 5.41) is 19.1.